The van der Waals surface area contributed by atoms with Crippen LogP contribution in [0.2, 0.25) is 0 Å². The van der Waals surface area contributed by atoms with Crippen LogP contribution in [0.25, 0.3) is 0 Å². The van der Waals surface area contributed by atoms with Gasteiger partial charge in [0, 0.05) is 12.9 Å². The van der Waals surface area contributed by atoms with E-state index < -0.39 is 25.2 Å². The Bertz CT molecular complexity index is 151. The molecule has 1 unspecified atom stereocenters. The summed E-state index contributed by atoms with van der Waals surface area (Å²) in [6.07, 6.45) is -1.84. The highest BCUT2D eigenvalue weighted by Crippen LogP contribution is 2.00. The number of rotatable bonds is 2. The molecular formula is C6H15N. The summed E-state index contributed by atoms with van der Waals surface area (Å²) in [6, 6.07) is -1.41. The van der Waals surface area contributed by atoms with Gasteiger partial charge in [0.15, 0.2) is 0 Å². The van der Waals surface area contributed by atoms with Crippen molar-refractivity contribution in [1.29, 1.82) is 0 Å². The van der Waals surface area contributed by atoms with Crippen LogP contribution in [0, 0.1) is 5.92 Å². The molecule has 0 saturated heterocycles. The van der Waals surface area contributed by atoms with Crippen molar-refractivity contribution >= 4 is 0 Å². The predicted octanol–water partition coefficient (Wildman–Crippen LogP) is 1.38. The van der Waals surface area contributed by atoms with Crippen LogP contribution in [-0.4, -0.2) is 6.04 Å². The molecule has 0 heterocycles. The fourth-order valence-electron chi connectivity index (χ4n) is 0.359. The maximum absolute atomic E-state index is 7.42. The van der Waals surface area contributed by atoms with Gasteiger partial charge in [0.1, 0.15) is 0 Å². The standard InChI is InChI=1S/C6H15N/c1-5(2)4-6(3)7/h5-6H,4,7H2,1-3H3/i3D3,4D2. The Morgan fingerprint density at radius 1 is 1.86 bits per heavy atom. The van der Waals surface area contributed by atoms with Crippen LogP contribution < -0.4 is 5.73 Å². The van der Waals surface area contributed by atoms with E-state index in [1.165, 1.54) is 0 Å². The molecule has 0 aromatic carbocycles. The van der Waals surface area contributed by atoms with E-state index in [1.807, 2.05) is 0 Å². The molecule has 0 aromatic heterocycles. The monoisotopic (exact) mass is 106 g/mol. The van der Waals surface area contributed by atoms with Gasteiger partial charge >= 0.3 is 0 Å². The summed E-state index contributed by atoms with van der Waals surface area (Å²) in [5, 5.41) is 0. The van der Waals surface area contributed by atoms with Crippen LogP contribution >= 0.6 is 0 Å². The first kappa shape index (κ1) is 2.06. The van der Waals surface area contributed by atoms with E-state index in [9.17, 15) is 0 Å². The van der Waals surface area contributed by atoms with Crippen molar-refractivity contribution < 1.29 is 6.85 Å². The third-order valence-electron chi connectivity index (χ3n) is 0.513. The van der Waals surface area contributed by atoms with Crippen molar-refractivity contribution in [3.63, 3.8) is 0 Å². The fourth-order valence-corrected chi connectivity index (χ4v) is 0.359. The SMILES string of the molecule is [2H]C([2H])([2H])C(N)C([2H])([2H])C(C)C. The van der Waals surface area contributed by atoms with Crippen molar-refractivity contribution in [2.75, 3.05) is 0 Å². The average Bonchev–Trinajstić information content (AvgIpc) is 1.83. The molecule has 0 aliphatic rings. The molecule has 44 valence electrons. The summed E-state index contributed by atoms with van der Waals surface area (Å²) in [6.45, 7) is 0.810. The zero-order chi connectivity index (χ0) is 10.2. The lowest BCUT2D eigenvalue weighted by atomic mass is 10.1. The average molecular weight is 106 g/mol. The first-order chi connectivity index (χ1) is 5.10. The van der Waals surface area contributed by atoms with Gasteiger partial charge in [-0.3, -0.25) is 0 Å². The van der Waals surface area contributed by atoms with Gasteiger partial charge < -0.3 is 5.73 Å². The molecule has 2 N–H and O–H groups in total. The van der Waals surface area contributed by atoms with Gasteiger partial charge in [-0.05, 0) is 19.1 Å². The highest BCUT2D eigenvalue weighted by Gasteiger charge is 1.95. The fraction of sp³-hybridized carbons (Fsp3) is 1.00. The minimum Gasteiger partial charge on any atom is -0.328 e. The van der Waals surface area contributed by atoms with Gasteiger partial charge in [0.25, 0.3) is 0 Å². The second kappa shape index (κ2) is 3.03. The van der Waals surface area contributed by atoms with Crippen molar-refractivity contribution in [3.8, 4) is 0 Å². The van der Waals surface area contributed by atoms with Crippen LogP contribution in [0.5, 0.6) is 0 Å². The molecule has 0 amide bonds. The summed E-state index contributed by atoms with van der Waals surface area (Å²) in [5.74, 6) is -0.395. The van der Waals surface area contributed by atoms with E-state index in [0.29, 0.717) is 0 Å². The maximum atomic E-state index is 7.42. The van der Waals surface area contributed by atoms with E-state index in [2.05, 4.69) is 0 Å². The lowest BCUT2D eigenvalue weighted by Gasteiger charge is -2.05. The Labute approximate surface area is 52.9 Å². The van der Waals surface area contributed by atoms with Gasteiger partial charge in [-0.1, -0.05) is 13.8 Å². The molecule has 1 atom stereocenters. The predicted molar refractivity (Wildman–Crippen MR) is 33.1 cm³/mol. The summed E-state index contributed by atoms with van der Waals surface area (Å²) in [5.41, 5.74) is 5.29. The highest BCUT2D eigenvalue weighted by molar-refractivity contribution is 4.54. The Morgan fingerprint density at radius 3 is 2.57 bits per heavy atom. The normalized spacial score (nSPS) is 29.4. The zero-order valence-corrected chi connectivity index (χ0v) is 4.73. The van der Waals surface area contributed by atoms with Gasteiger partial charge in [-0.15, -0.1) is 0 Å². The molecule has 0 aliphatic carbocycles. The minimum absolute atomic E-state index is 0.395. The topological polar surface area (TPSA) is 26.0 Å². The molecule has 0 radical (unpaired) electrons. The summed E-state index contributed by atoms with van der Waals surface area (Å²) >= 11 is 0. The Hall–Kier alpha value is -0.0400. The third kappa shape index (κ3) is 5.96. The van der Waals surface area contributed by atoms with E-state index in [4.69, 9.17) is 12.6 Å². The van der Waals surface area contributed by atoms with Gasteiger partial charge in [-0.2, -0.15) is 0 Å². The second-order valence-corrected chi connectivity index (χ2v) is 1.80. The largest absolute Gasteiger partial charge is 0.328 e. The Balaban J connectivity index is 4.57. The Morgan fingerprint density at radius 2 is 2.43 bits per heavy atom. The molecule has 0 fully saturated rings. The van der Waals surface area contributed by atoms with Gasteiger partial charge in [0.2, 0.25) is 0 Å². The van der Waals surface area contributed by atoms with Gasteiger partial charge in [0.05, 0.1) is 0 Å². The maximum Gasteiger partial charge on any atom is 0.0285 e. The molecule has 0 spiro atoms. The summed E-state index contributed by atoms with van der Waals surface area (Å²) < 4.78 is 35.7. The zero-order valence-electron chi connectivity index (χ0n) is 9.73. The van der Waals surface area contributed by atoms with E-state index >= 15 is 0 Å². The molecule has 1 nitrogen and oxygen atoms in total. The second-order valence-electron chi connectivity index (χ2n) is 1.80. The van der Waals surface area contributed by atoms with Crippen molar-refractivity contribution in [2.24, 2.45) is 11.7 Å². The van der Waals surface area contributed by atoms with E-state index in [1.54, 1.807) is 13.8 Å². The highest BCUT2D eigenvalue weighted by atomic mass is 14.6. The molecule has 0 rings (SSSR count). The van der Waals surface area contributed by atoms with Gasteiger partial charge in [-0.25, -0.2) is 0 Å². The molecular weight excluding hydrogens is 86.1 g/mol. The van der Waals surface area contributed by atoms with Crippen molar-refractivity contribution in [3.05, 3.63) is 0 Å². The van der Waals surface area contributed by atoms with E-state index in [0.717, 1.165) is 0 Å². The first-order valence-electron chi connectivity index (χ1n) is 4.85. The molecule has 7 heavy (non-hydrogen) atoms. The smallest absolute Gasteiger partial charge is 0.0285 e. The number of nitrogens with two attached hydrogens (primary N) is 1. The van der Waals surface area contributed by atoms with Crippen LogP contribution in [0.3, 0.4) is 0 Å². The van der Waals surface area contributed by atoms with Crippen LogP contribution in [-0.2, 0) is 0 Å². The third-order valence-corrected chi connectivity index (χ3v) is 0.513. The minimum atomic E-state index is -2.42. The molecule has 1 heteroatoms. The molecule has 0 aliphatic heterocycles. The summed E-state index contributed by atoms with van der Waals surface area (Å²) in [4.78, 5) is 0. The van der Waals surface area contributed by atoms with Crippen LogP contribution in [0.4, 0.5) is 0 Å². The molecule has 0 bridgehead atoms. The number of hydrogen-bond acceptors (Lipinski definition) is 1. The van der Waals surface area contributed by atoms with Crippen molar-refractivity contribution in [1.82, 2.24) is 0 Å². The lowest BCUT2D eigenvalue weighted by Crippen LogP contribution is -2.16. The molecule has 0 aromatic rings. The van der Waals surface area contributed by atoms with E-state index in [-0.39, 0.29) is 0 Å². The Kier molecular flexibility index (Phi) is 0.890. The van der Waals surface area contributed by atoms with Crippen LogP contribution in [0.1, 0.15) is 33.9 Å². The quantitative estimate of drug-likeness (QED) is 0.565. The lowest BCUT2D eigenvalue weighted by molar-refractivity contribution is 0.520. The summed E-state index contributed by atoms with van der Waals surface area (Å²) in [7, 11) is 0. The number of hydrogen-bond donors (Lipinski definition) is 1. The first-order valence-corrected chi connectivity index (χ1v) is 2.35. The molecule has 0 saturated carbocycles. The van der Waals surface area contributed by atoms with Crippen LogP contribution in [0.15, 0.2) is 0 Å². The van der Waals surface area contributed by atoms with Crippen molar-refractivity contribution in [2.45, 2.75) is 33.1 Å².